The van der Waals surface area contributed by atoms with E-state index in [-0.39, 0.29) is 18.5 Å². The summed E-state index contributed by atoms with van der Waals surface area (Å²) in [6.45, 7) is 5.05. The lowest BCUT2D eigenvalue weighted by Gasteiger charge is -2.16. The molecule has 4 nitrogen and oxygen atoms in total. The molecule has 4 heteroatoms. The number of hydrogen-bond donors (Lipinski definition) is 1. The van der Waals surface area contributed by atoms with Gasteiger partial charge in [0, 0.05) is 6.42 Å². The fourth-order valence-corrected chi connectivity index (χ4v) is 2.15. The Kier molecular flexibility index (Phi) is 7.09. The van der Waals surface area contributed by atoms with E-state index < -0.39 is 0 Å². The number of rotatable bonds is 8. The van der Waals surface area contributed by atoms with Gasteiger partial charge in [-0.1, -0.05) is 26.0 Å². The molecule has 0 heterocycles. The van der Waals surface area contributed by atoms with Crippen LogP contribution in [0.4, 0.5) is 0 Å². The summed E-state index contributed by atoms with van der Waals surface area (Å²) in [5.41, 5.74) is 6.61. The Morgan fingerprint density at radius 1 is 1.35 bits per heavy atom. The van der Waals surface area contributed by atoms with Crippen molar-refractivity contribution >= 4 is 5.97 Å². The van der Waals surface area contributed by atoms with E-state index in [4.69, 9.17) is 15.2 Å². The van der Waals surface area contributed by atoms with Crippen LogP contribution >= 0.6 is 0 Å². The van der Waals surface area contributed by atoms with Gasteiger partial charge in [-0.15, -0.1) is 0 Å². The molecule has 0 bridgehead atoms. The first kappa shape index (κ1) is 16.5. The lowest BCUT2D eigenvalue weighted by molar-refractivity contribution is -0.146. The summed E-state index contributed by atoms with van der Waals surface area (Å²) < 4.78 is 10.4. The highest BCUT2D eigenvalue weighted by Crippen LogP contribution is 2.16. The van der Waals surface area contributed by atoms with E-state index in [9.17, 15) is 4.79 Å². The van der Waals surface area contributed by atoms with Gasteiger partial charge >= 0.3 is 5.97 Å². The number of esters is 1. The molecular weight excluding hydrogens is 254 g/mol. The Labute approximate surface area is 121 Å². The van der Waals surface area contributed by atoms with Crippen molar-refractivity contribution < 1.29 is 14.3 Å². The molecule has 0 aromatic heterocycles. The predicted molar refractivity (Wildman–Crippen MR) is 79.4 cm³/mol. The number of hydrogen-bond acceptors (Lipinski definition) is 4. The van der Waals surface area contributed by atoms with Crippen LogP contribution in [0.5, 0.6) is 5.75 Å². The van der Waals surface area contributed by atoms with E-state index in [1.807, 2.05) is 24.3 Å². The van der Waals surface area contributed by atoms with Crippen molar-refractivity contribution in [2.45, 2.75) is 33.3 Å². The molecule has 0 aliphatic rings. The molecule has 1 aromatic carbocycles. The molecule has 0 aliphatic heterocycles. The van der Waals surface area contributed by atoms with Crippen molar-refractivity contribution in [1.82, 2.24) is 0 Å². The zero-order valence-corrected chi connectivity index (χ0v) is 12.6. The van der Waals surface area contributed by atoms with Crippen LogP contribution in [0.1, 0.15) is 32.3 Å². The maximum atomic E-state index is 11.8. The molecule has 1 aromatic rings. The third-order valence-corrected chi connectivity index (χ3v) is 3.13. The first-order valence-corrected chi connectivity index (χ1v) is 7.03. The van der Waals surface area contributed by atoms with Gasteiger partial charge in [0.25, 0.3) is 0 Å². The molecule has 0 unspecified atom stereocenters. The predicted octanol–water partition coefficient (Wildman–Crippen LogP) is 2.75. The average molecular weight is 279 g/mol. The number of nitrogens with two attached hydrogens (primary N) is 1. The van der Waals surface area contributed by atoms with E-state index in [1.54, 1.807) is 7.11 Å². The summed E-state index contributed by atoms with van der Waals surface area (Å²) in [6, 6.07) is 7.51. The third-order valence-electron chi connectivity index (χ3n) is 3.13. The van der Waals surface area contributed by atoms with Gasteiger partial charge in [-0.3, -0.25) is 4.79 Å². The molecule has 0 amide bonds. The van der Waals surface area contributed by atoms with Crippen LogP contribution in [0, 0.1) is 11.8 Å². The molecular formula is C16H25NO3. The monoisotopic (exact) mass is 279 g/mol. The summed E-state index contributed by atoms with van der Waals surface area (Å²) >= 11 is 0. The van der Waals surface area contributed by atoms with Gasteiger partial charge in [-0.2, -0.15) is 0 Å². The quantitative estimate of drug-likeness (QED) is 0.743. The van der Waals surface area contributed by atoms with Crippen LogP contribution in [0.25, 0.3) is 0 Å². The van der Waals surface area contributed by atoms with E-state index in [2.05, 4.69) is 13.8 Å². The Morgan fingerprint density at radius 3 is 2.70 bits per heavy atom. The summed E-state index contributed by atoms with van der Waals surface area (Å²) in [6.07, 6.45) is 1.34. The number of benzene rings is 1. The first-order valence-electron chi connectivity index (χ1n) is 7.03. The van der Waals surface area contributed by atoms with Crippen LogP contribution in [0.3, 0.4) is 0 Å². The first-order chi connectivity index (χ1) is 9.55. The molecule has 0 saturated heterocycles. The molecule has 1 rings (SSSR count). The van der Waals surface area contributed by atoms with Gasteiger partial charge in [-0.25, -0.2) is 0 Å². The topological polar surface area (TPSA) is 61.5 Å². The largest absolute Gasteiger partial charge is 0.497 e. The van der Waals surface area contributed by atoms with Crippen LogP contribution in [-0.2, 0) is 16.1 Å². The van der Waals surface area contributed by atoms with E-state index in [0.29, 0.717) is 18.9 Å². The molecule has 0 saturated carbocycles. The second-order valence-electron chi connectivity index (χ2n) is 5.45. The Morgan fingerprint density at radius 2 is 2.10 bits per heavy atom. The van der Waals surface area contributed by atoms with Gasteiger partial charge in [0.2, 0.25) is 0 Å². The van der Waals surface area contributed by atoms with Gasteiger partial charge in [0.15, 0.2) is 0 Å². The highest BCUT2D eigenvalue weighted by Gasteiger charge is 2.15. The van der Waals surface area contributed by atoms with E-state index >= 15 is 0 Å². The normalized spacial score (nSPS) is 12.2. The maximum absolute atomic E-state index is 11.8. The van der Waals surface area contributed by atoms with Crippen molar-refractivity contribution in [2.24, 2.45) is 17.6 Å². The zero-order valence-electron chi connectivity index (χ0n) is 12.6. The van der Waals surface area contributed by atoms with Gasteiger partial charge in [0.05, 0.1) is 7.11 Å². The van der Waals surface area contributed by atoms with Gasteiger partial charge in [-0.05, 0) is 42.5 Å². The highest BCUT2D eigenvalue weighted by atomic mass is 16.5. The van der Waals surface area contributed by atoms with Crippen LogP contribution in [0.2, 0.25) is 0 Å². The second-order valence-corrected chi connectivity index (χ2v) is 5.45. The molecule has 0 radical (unpaired) electrons. The lowest BCUT2D eigenvalue weighted by atomic mass is 9.94. The molecule has 0 spiro atoms. The second kappa shape index (κ2) is 8.59. The number of ether oxygens (including phenoxy) is 2. The molecule has 112 valence electrons. The van der Waals surface area contributed by atoms with Gasteiger partial charge < -0.3 is 15.2 Å². The smallest absolute Gasteiger partial charge is 0.306 e. The van der Waals surface area contributed by atoms with Crippen LogP contribution in [-0.4, -0.2) is 19.6 Å². The van der Waals surface area contributed by atoms with Crippen LogP contribution in [0.15, 0.2) is 24.3 Å². The van der Waals surface area contributed by atoms with Crippen molar-refractivity contribution in [3.05, 3.63) is 29.8 Å². The van der Waals surface area contributed by atoms with Gasteiger partial charge in [0.1, 0.15) is 12.4 Å². The molecule has 0 fully saturated rings. The maximum Gasteiger partial charge on any atom is 0.306 e. The van der Waals surface area contributed by atoms with E-state index in [0.717, 1.165) is 17.7 Å². The SMILES string of the molecule is COc1cccc(COC(=O)C[C@@H](CN)CC(C)C)c1. The number of methoxy groups -OCH3 is 1. The summed E-state index contributed by atoms with van der Waals surface area (Å²) in [5, 5.41) is 0. The Balaban J connectivity index is 2.42. The summed E-state index contributed by atoms with van der Waals surface area (Å²) in [7, 11) is 1.61. The highest BCUT2D eigenvalue weighted by molar-refractivity contribution is 5.69. The Bertz CT molecular complexity index is 418. The molecule has 1 atom stereocenters. The molecule has 2 N–H and O–H groups in total. The van der Waals surface area contributed by atoms with Crippen molar-refractivity contribution in [1.29, 1.82) is 0 Å². The fraction of sp³-hybridized carbons (Fsp3) is 0.562. The van der Waals surface area contributed by atoms with E-state index in [1.165, 1.54) is 0 Å². The minimum atomic E-state index is -0.191. The van der Waals surface area contributed by atoms with Crippen molar-refractivity contribution in [3.8, 4) is 5.75 Å². The molecule has 20 heavy (non-hydrogen) atoms. The summed E-state index contributed by atoms with van der Waals surface area (Å²) in [5.74, 6) is 1.31. The fourth-order valence-electron chi connectivity index (χ4n) is 2.15. The minimum absolute atomic E-state index is 0.191. The third kappa shape index (κ3) is 6.06. The number of carbonyl (C=O) groups excluding carboxylic acids is 1. The summed E-state index contributed by atoms with van der Waals surface area (Å²) in [4.78, 5) is 11.8. The van der Waals surface area contributed by atoms with Crippen LogP contribution < -0.4 is 10.5 Å². The standard InChI is InChI=1S/C16H25NO3/c1-12(2)7-14(10-17)9-16(18)20-11-13-5-4-6-15(8-13)19-3/h4-6,8,12,14H,7,9-11,17H2,1-3H3/t14-/m0/s1. The van der Waals surface area contributed by atoms with Crippen molar-refractivity contribution in [3.63, 3.8) is 0 Å². The Hall–Kier alpha value is -1.55. The average Bonchev–Trinajstić information content (AvgIpc) is 2.44. The minimum Gasteiger partial charge on any atom is -0.497 e. The zero-order chi connectivity index (χ0) is 15.0. The van der Waals surface area contributed by atoms with Crippen molar-refractivity contribution in [2.75, 3.05) is 13.7 Å². The lowest BCUT2D eigenvalue weighted by Crippen LogP contribution is -2.21. The number of carbonyl (C=O) groups is 1. The molecule has 0 aliphatic carbocycles.